The van der Waals surface area contributed by atoms with Crippen molar-refractivity contribution in [3.05, 3.63) is 139 Å². The molecule has 0 saturated carbocycles. The van der Waals surface area contributed by atoms with Crippen LogP contribution in [0.25, 0.3) is 66.4 Å². The largest absolute Gasteiger partial charge is 0.279 e. The zero-order valence-electron chi connectivity index (χ0n) is 23.0. The van der Waals surface area contributed by atoms with E-state index in [4.69, 9.17) is 4.98 Å². The predicted octanol–water partition coefficient (Wildman–Crippen LogP) is 9.58. The number of para-hydroxylation sites is 3. The minimum atomic E-state index is -0.0669. The highest BCUT2D eigenvalue weighted by molar-refractivity contribution is 6.15. The highest BCUT2D eigenvalue weighted by Gasteiger charge is 2.36. The van der Waals surface area contributed by atoms with Crippen LogP contribution < -0.4 is 0 Å². The molecule has 0 atom stereocenters. The molecule has 0 radical (unpaired) electrons. The van der Waals surface area contributed by atoms with E-state index < -0.39 is 0 Å². The van der Waals surface area contributed by atoms with Crippen LogP contribution in [0.5, 0.6) is 0 Å². The van der Waals surface area contributed by atoms with Crippen LogP contribution in [0.4, 0.5) is 0 Å². The van der Waals surface area contributed by atoms with Gasteiger partial charge < -0.3 is 0 Å². The van der Waals surface area contributed by atoms with Gasteiger partial charge in [-0.3, -0.25) is 9.13 Å². The number of hydrogen-bond donors (Lipinski definition) is 0. The normalized spacial score (nSPS) is 13.8. The van der Waals surface area contributed by atoms with Crippen LogP contribution in [-0.4, -0.2) is 14.1 Å². The Balaban J connectivity index is 1.49. The lowest BCUT2D eigenvalue weighted by molar-refractivity contribution is 0.661. The van der Waals surface area contributed by atoms with Gasteiger partial charge in [-0.25, -0.2) is 4.98 Å². The van der Waals surface area contributed by atoms with Crippen molar-refractivity contribution in [2.24, 2.45) is 0 Å². The topological polar surface area (TPSA) is 22.8 Å². The summed E-state index contributed by atoms with van der Waals surface area (Å²) in [6, 6.07) is 46.1. The van der Waals surface area contributed by atoms with Gasteiger partial charge in [0.2, 0.25) is 5.95 Å². The van der Waals surface area contributed by atoms with E-state index in [1.807, 2.05) is 0 Å². The number of benzene rings is 6. The van der Waals surface area contributed by atoms with Gasteiger partial charge in [0.25, 0.3) is 0 Å². The zero-order chi connectivity index (χ0) is 27.3. The standard InChI is InChI=1S/C38H27N3/c1-38(2)31-17-9-8-16-27(31)28-23-36-30(22-32(28)38)29-20-24-12-6-7-13-25(24)21-35(29)41(36)37-39-33-18-10-11-19-34(33)40(37)26-14-4-3-5-15-26/h3-23H,1-2H3. The maximum Gasteiger partial charge on any atom is 0.220 e. The van der Waals surface area contributed by atoms with Crippen LogP contribution in [0.3, 0.4) is 0 Å². The van der Waals surface area contributed by atoms with Crippen LogP contribution in [0.15, 0.2) is 127 Å². The molecule has 0 N–H and O–H groups in total. The van der Waals surface area contributed by atoms with Crippen molar-refractivity contribution < 1.29 is 0 Å². The number of aromatic nitrogens is 3. The maximum absolute atomic E-state index is 5.30. The van der Waals surface area contributed by atoms with Crippen LogP contribution >= 0.6 is 0 Å². The molecule has 3 nitrogen and oxygen atoms in total. The molecule has 1 aliphatic carbocycles. The average Bonchev–Trinajstić information content (AvgIpc) is 3.61. The molecular formula is C38H27N3. The Kier molecular flexibility index (Phi) is 4.39. The van der Waals surface area contributed by atoms with Gasteiger partial charge in [0.1, 0.15) is 0 Å². The number of hydrogen-bond acceptors (Lipinski definition) is 1. The molecule has 0 unspecified atom stereocenters. The fourth-order valence-electron chi connectivity index (χ4n) is 7.11. The molecule has 41 heavy (non-hydrogen) atoms. The Bertz CT molecular complexity index is 2330. The highest BCUT2D eigenvalue weighted by atomic mass is 15.2. The Labute approximate surface area is 237 Å². The quantitative estimate of drug-likeness (QED) is 0.220. The van der Waals surface area contributed by atoms with Gasteiger partial charge in [-0.15, -0.1) is 0 Å². The summed E-state index contributed by atoms with van der Waals surface area (Å²) in [5, 5.41) is 4.99. The first-order chi connectivity index (χ1) is 20.1. The second-order valence-electron chi connectivity index (χ2n) is 11.7. The van der Waals surface area contributed by atoms with Gasteiger partial charge in [-0.2, -0.15) is 0 Å². The molecule has 9 rings (SSSR count). The minimum absolute atomic E-state index is 0.0669. The molecule has 2 heterocycles. The third kappa shape index (κ3) is 3.01. The van der Waals surface area contributed by atoms with E-state index in [1.54, 1.807) is 0 Å². The summed E-state index contributed by atoms with van der Waals surface area (Å²) in [5.41, 5.74) is 10.9. The Morgan fingerprint density at radius 2 is 1.17 bits per heavy atom. The molecule has 0 saturated heterocycles. The lowest BCUT2D eigenvalue weighted by Gasteiger charge is -2.21. The van der Waals surface area contributed by atoms with E-state index in [2.05, 4.69) is 150 Å². The summed E-state index contributed by atoms with van der Waals surface area (Å²) in [6.45, 7) is 4.71. The van der Waals surface area contributed by atoms with Crippen molar-refractivity contribution in [2.75, 3.05) is 0 Å². The van der Waals surface area contributed by atoms with Gasteiger partial charge in [0.05, 0.1) is 22.1 Å². The van der Waals surface area contributed by atoms with Crippen LogP contribution in [0, 0.1) is 0 Å². The molecular weight excluding hydrogens is 498 g/mol. The van der Waals surface area contributed by atoms with E-state index in [1.165, 1.54) is 54.8 Å². The molecule has 0 spiro atoms. The fraction of sp³-hybridized carbons (Fsp3) is 0.0789. The number of fused-ring (bicyclic) bond motifs is 8. The Morgan fingerprint density at radius 1 is 0.512 bits per heavy atom. The van der Waals surface area contributed by atoms with Gasteiger partial charge >= 0.3 is 0 Å². The summed E-state index contributed by atoms with van der Waals surface area (Å²) in [7, 11) is 0. The fourth-order valence-corrected chi connectivity index (χ4v) is 7.11. The molecule has 0 amide bonds. The molecule has 6 aromatic carbocycles. The third-order valence-corrected chi connectivity index (χ3v) is 9.09. The predicted molar refractivity (Wildman–Crippen MR) is 170 cm³/mol. The van der Waals surface area contributed by atoms with Gasteiger partial charge in [-0.1, -0.05) is 92.7 Å². The molecule has 2 aromatic heterocycles. The summed E-state index contributed by atoms with van der Waals surface area (Å²) < 4.78 is 4.69. The Hall–Kier alpha value is -5.15. The first-order valence-corrected chi connectivity index (χ1v) is 14.2. The maximum atomic E-state index is 5.30. The Morgan fingerprint density at radius 3 is 2.02 bits per heavy atom. The third-order valence-electron chi connectivity index (χ3n) is 9.09. The summed E-state index contributed by atoms with van der Waals surface area (Å²) in [4.78, 5) is 5.30. The van der Waals surface area contributed by atoms with E-state index >= 15 is 0 Å². The lowest BCUT2D eigenvalue weighted by Crippen LogP contribution is -2.14. The summed E-state index contributed by atoms with van der Waals surface area (Å²) in [6.07, 6.45) is 0. The second-order valence-corrected chi connectivity index (χ2v) is 11.7. The van der Waals surface area contributed by atoms with E-state index in [-0.39, 0.29) is 5.41 Å². The summed E-state index contributed by atoms with van der Waals surface area (Å²) in [5.74, 6) is 0.901. The van der Waals surface area contributed by atoms with Crippen LogP contribution in [-0.2, 0) is 5.41 Å². The van der Waals surface area contributed by atoms with E-state index in [0.717, 1.165) is 22.7 Å². The van der Waals surface area contributed by atoms with Gasteiger partial charge in [0.15, 0.2) is 0 Å². The van der Waals surface area contributed by atoms with Crippen molar-refractivity contribution >= 4 is 43.6 Å². The van der Waals surface area contributed by atoms with E-state index in [0.29, 0.717) is 0 Å². The summed E-state index contributed by atoms with van der Waals surface area (Å²) >= 11 is 0. The number of rotatable bonds is 2. The first-order valence-electron chi connectivity index (χ1n) is 14.2. The molecule has 194 valence electrons. The number of nitrogens with zero attached hydrogens (tertiary/aromatic N) is 3. The van der Waals surface area contributed by atoms with Crippen molar-refractivity contribution in [1.29, 1.82) is 0 Å². The first kappa shape index (κ1) is 22.6. The SMILES string of the molecule is CC1(C)c2ccccc2-c2cc3c(cc21)c1cc2ccccc2cc1n3-c1nc2ccccc2n1-c1ccccc1. The van der Waals surface area contributed by atoms with E-state index in [9.17, 15) is 0 Å². The van der Waals surface area contributed by atoms with Gasteiger partial charge in [-0.05, 0) is 81.6 Å². The molecule has 3 heteroatoms. The zero-order valence-corrected chi connectivity index (χ0v) is 23.0. The molecule has 0 bridgehead atoms. The molecule has 8 aromatic rings. The highest BCUT2D eigenvalue weighted by Crippen LogP contribution is 2.51. The van der Waals surface area contributed by atoms with Crippen LogP contribution in [0.1, 0.15) is 25.0 Å². The molecule has 1 aliphatic rings. The minimum Gasteiger partial charge on any atom is -0.279 e. The van der Waals surface area contributed by atoms with Crippen molar-refractivity contribution in [1.82, 2.24) is 14.1 Å². The number of imidazole rings is 1. The second kappa shape index (κ2) is 7.96. The van der Waals surface area contributed by atoms with Gasteiger partial charge in [0, 0.05) is 21.9 Å². The van der Waals surface area contributed by atoms with Crippen LogP contribution in [0.2, 0.25) is 0 Å². The monoisotopic (exact) mass is 525 g/mol. The molecule has 0 aliphatic heterocycles. The lowest BCUT2D eigenvalue weighted by atomic mass is 9.82. The average molecular weight is 526 g/mol. The smallest absolute Gasteiger partial charge is 0.220 e. The molecule has 0 fully saturated rings. The van der Waals surface area contributed by atoms with Crippen molar-refractivity contribution in [2.45, 2.75) is 19.3 Å². The van der Waals surface area contributed by atoms with Crippen molar-refractivity contribution in [3.63, 3.8) is 0 Å². The van der Waals surface area contributed by atoms with Crippen molar-refractivity contribution in [3.8, 4) is 22.8 Å².